The summed E-state index contributed by atoms with van der Waals surface area (Å²) in [6, 6.07) is 0. The van der Waals surface area contributed by atoms with E-state index in [1.54, 1.807) is 0 Å². The molecular formula is C16H31N3O2. The van der Waals surface area contributed by atoms with E-state index in [-0.39, 0.29) is 0 Å². The molecule has 0 aliphatic carbocycles. The summed E-state index contributed by atoms with van der Waals surface area (Å²) in [5.74, 6) is 0.949. The van der Waals surface area contributed by atoms with Crippen LogP contribution in [0.5, 0.6) is 0 Å². The van der Waals surface area contributed by atoms with Gasteiger partial charge in [-0.05, 0) is 32.1 Å². The van der Waals surface area contributed by atoms with Gasteiger partial charge in [-0.3, -0.25) is 4.99 Å². The minimum absolute atomic E-state index is 0.389. The standard InChI is InChI=1S/C16H31N3O2/c1-4-5-6-11-19(3)16(17-2)18-10-7-12-21-15-8-13-20-14-9-15/h4,15H,1,5-14H2,2-3H3,(H,17,18). The average molecular weight is 297 g/mol. The van der Waals surface area contributed by atoms with Crippen molar-refractivity contribution >= 4 is 5.96 Å². The van der Waals surface area contributed by atoms with Crippen LogP contribution >= 0.6 is 0 Å². The number of hydrogen-bond donors (Lipinski definition) is 1. The van der Waals surface area contributed by atoms with Crippen molar-refractivity contribution in [2.45, 2.75) is 38.2 Å². The maximum absolute atomic E-state index is 5.85. The fraction of sp³-hybridized carbons (Fsp3) is 0.812. The quantitative estimate of drug-likeness (QED) is 0.306. The zero-order valence-electron chi connectivity index (χ0n) is 13.6. The van der Waals surface area contributed by atoms with E-state index in [0.29, 0.717) is 6.10 Å². The Hall–Kier alpha value is -1.07. The lowest BCUT2D eigenvalue weighted by Crippen LogP contribution is -2.40. The molecule has 0 aromatic carbocycles. The van der Waals surface area contributed by atoms with Gasteiger partial charge in [-0.2, -0.15) is 0 Å². The summed E-state index contributed by atoms with van der Waals surface area (Å²) < 4.78 is 11.2. The minimum atomic E-state index is 0.389. The van der Waals surface area contributed by atoms with E-state index in [4.69, 9.17) is 9.47 Å². The number of hydrogen-bond acceptors (Lipinski definition) is 3. The molecule has 1 heterocycles. The van der Waals surface area contributed by atoms with Gasteiger partial charge in [-0.15, -0.1) is 6.58 Å². The van der Waals surface area contributed by atoms with E-state index in [1.165, 1.54) is 0 Å². The van der Waals surface area contributed by atoms with E-state index in [1.807, 2.05) is 13.1 Å². The van der Waals surface area contributed by atoms with Gasteiger partial charge >= 0.3 is 0 Å². The molecule has 1 fully saturated rings. The van der Waals surface area contributed by atoms with Crippen LogP contribution < -0.4 is 5.32 Å². The summed E-state index contributed by atoms with van der Waals surface area (Å²) in [5, 5.41) is 3.38. The van der Waals surface area contributed by atoms with Crippen molar-refractivity contribution in [3.05, 3.63) is 12.7 Å². The van der Waals surface area contributed by atoms with Gasteiger partial charge in [-0.25, -0.2) is 0 Å². The first-order chi connectivity index (χ1) is 10.3. The lowest BCUT2D eigenvalue weighted by molar-refractivity contribution is -0.0320. The smallest absolute Gasteiger partial charge is 0.193 e. The van der Waals surface area contributed by atoms with E-state index < -0.39 is 0 Å². The van der Waals surface area contributed by atoms with Crippen molar-refractivity contribution in [2.75, 3.05) is 47.0 Å². The third-order valence-corrected chi connectivity index (χ3v) is 3.60. The average Bonchev–Trinajstić information content (AvgIpc) is 2.52. The molecule has 1 rings (SSSR count). The SMILES string of the molecule is C=CCCCN(C)C(=NC)NCCCOC1CCOCC1. The third kappa shape index (κ3) is 8.07. The Morgan fingerprint density at radius 1 is 1.43 bits per heavy atom. The molecule has 1 saturated heterocycles. The Morgan fingerprint density at radius 3 is 2.86 bits per heavy atom. The molecule has 0 aromatic rings. The van der Waals surface area contributed by atoms with Crippen LogP contribution in [0.1, 0.15) is 32.1 Å². The van der Waals surface area contributed by atoms with Gasteiger partial charge < -0.3 is 19.7 Å². The van der Waals surface area contributed by atoms with Gasteiger partial charge in [0.05, 0.1) is 6.10 Å². The van der Waals surface area contributed by atoms with Crippen LogP contribution in [-0.4, -0.2) is 64.0 Å². The minimum Gasteiger partial charge on any atom is -0.381 e. The Kier molecular flexibility index (Phi) is 9.91. The molecule has 0 amide bonds. The highest BCUT2D eigenvalue weighted by molar-refractivity contribution is 5.79. The van der Waals surface area contributed by atoms with Crippen molar-refractivity contribution in [2.24, 2.45) is 4.99 Å². The molecule has 5 nitrogen and oxygen atoms in total. The zero-order valence-corrected chi connectivity index (χ0v) is 13.6. The van der Waals surface area contributed by atoms with Gasteiger partial charge in [0.2, 0.25) is 0 Å². The number of unbranched alkanes of at least 4 members (excludes halogenated alkanes) is 1. The molecule has 0 radical (unpaired) electrons. The molecular weight excluding hydrogens is 266 g/mol. The van der Waals surface area contributed by atoms with Crippen molar-refractivity contribution in [3.63, 3.8) is 0 Å². The molecule has 5 heteroatoms. The van der Waals surface area contributed by atoms with Crippen molar-refractivity contribution < 1.29 is 9.47 Å². The van der Waals surface area contributed by atoms with E-state index >= 15 is 0 Å². The van der Waals surface area contributed by atoms with Crippen molar-refractivity contribution in [1.29, 1.82) is 0 Å². The summed E-state index contributed by atoms with van der Waals surface area (Å²) in [6.07, 6.45) is 7.55. The molecule has 1 aliphatic heterocycles. The Labute approximate surface area is 129 Å². The fourth-order valence-electron chi connectivity index (χ4n) is 2.33. The molecule has 0 atom stereocenters. The predicted octanol–water partition coefficient (Wildman–Crippen LogP) is 2.05. The molecule has 1 N–H and O–H groups in total. The number of nitrogens with zero attached hydrogens (tertiary/aromatic N) is 2. The molecule has 21 heavy (non-hydrogen) atoms. The van der Waals surface area contributed by atoms with Gasteiger partial charge in [0.15, 0.2) is 5.96 Å². The van der Waals surface area contributed by atoms with Crippen LogP contribution in [-0.2, 0) is 9.47 Å². The maximum atomic E-state index is 5.85. The van der Waals surface area contributed by atoms with Gasteiger partial charge in [-0.1, -0.05) is 6.08 Å². The van der Waals surface area contributed by atoms with Crippen molar-refractivity contribution in [1.82, 2.24) is 10.2 Å². The van der Waals surface area contributed by atoms with Gasteiger partial charge in [0.1, 0.15) is 0 Å². The first-order valence-corrected chi connectivity index (χ1v) is 8.00. The first kappa shape index (κ1) is 18.0. The highest BCUT2D eigenvalue weighted by Gasteiger charge is 2.13. The van der Waals surface area contributed by atoms with Crippen LogP contribution in [0.3, 0.4) is 0 Å². The summed E-state index contributed by atoms with van der Waals surface area (Å²) in [4.78, 5) is 6.46. The predicted molar refractivity (Wildman–Crippen MR) is 87.8 cm³/mol. The van der Waals surface area contributed by atoms with Crippen LogP contribution in [0.25, 0.3) is 0 Å². The number of guanidine groups is 1. The largest absolute Gasteiger partial charge is 0.381 e. The molecule has 0 bridgehead atoms. The van der Waals surface area contributed by atoms with E-state index in [0.717, 1.165) is 71.0 Å². The van der Waals surface area contributed by atoms with E-state index in [9.17, 15) is 0 Å². The van der Waals surface area contributed by atoms with Crippen LogP contribution in [0.15, 0.2) is 17.6 Å². The summed E-state index contributed by atoms with van der Waals surface area (Å²) in [6.45, 7) is 8.10. The molecule has 0 unspecified atom stereocenters. The Balaban J connectivity index is 2.07. The van der Waals surface area contributed by atoms with Crippen molar-refractivity contribution in [3.8, 4) is 0 Å². The number of allylic oxidation sites excluding steroid dienone is 1. The van der Waals surface area contributed by atoms with Crippen LogP contribution in [0.4, 0.5) is 0 Å². The second-order valence-corrected chi connectivity index (χ2v) is 5.36. The van der Waals surface area contributed by atoms with Gasteiger partial charge in [0.25, 0.3) is 0 Å². The summed E-state index contributed by atoms with van der Waals surface area (Å²) in [5.41, 5.74) is 0. The van der Waals surface area contributed by atoms with E-state index in [2.05, 4.69) is 28.8 Å². The highest BCUT2D eigenvalue weighted by atomic mass is 16.5. The molecule has 0 spiro atoms. The lowest BCUT2D eigenvalue weighted by Gasteiger charge is -2.23. The molecule has 122 valence electrons. The van der Waals surface area contributed by atoms with Crippen LogP contribution in [0, 0.1) is 0 Å². The van der Waals surface area contributed by atoms with Crippen LogP contribution in [0.2, 0.25) is 0 Å². The monoisotopic (exact) mass is 297 g/mol. The number of rotatable bonds is 9. The number of nitrogens with one attached hydrogen (secondary N) is 1. The summed E-state index contributed by atoms with van der Waals surface area (Å²) in [7, 11) is 3.89. The topological polar surface area (TPSA) is 46.1 Å². The first-order valence-electron chi connectivity index (χ1n) is 8.00. The normalized spacial score (nSPS) is 16.8. The second kappa shape index (κ2) is 11.6. The van der Waals surface area contributed by atoms with Gasteiger partial charge in [0, 0.05) is 47.0 Å². The maximum Gasteiger partial charge on any atom is 0.193 e. The fourth-order valence-corrected chi connectivity index (χ4v) is 2.33. The highest BCUT2D eigenvalue weighted by Crippen LogP contribution is 2.10. The molecule has 0 aromatic heterocycles. The number of ether oxygens (including phenoxy) is 2. The Morgan fingerprint density at radius 2 is 2.19 bits per heavy atom. The zero-order chi connectivity index (χ0) is 15.3. The third-order valence-electron chi connectivity index (χ3n) is 3.60. The lowest BCUT2D eigenvalue weighted by atomic mass is 10.1. The number of aliphatic imine (C=N–C) groups is 1. The second-order valence-electron chi connectivity index (χ2n) is 5.36. The molecule has 1 aliphatic rings. The Bertz CT molecular complexity index is 302. The molecule has 0 saturated carbocycles. The summed E-state index contributed by atoms with van der Waals surface area (Å²) >= 11 is 0.